The van der Waals surface area contributed by atoms with E-state index in [1.807, 2.05) is 47.4 Å². The lowest BCUT2D eigenvalue weighted by molar-refractivity contribution is -0.130. The minimum atomic E-state index is 0.107. The largest absolute Gasteiger partial charge is 0.490 e. The SMILES string of the molecule is CCCN(Cc1ccccc1Br)C(=O)CN1CCOc2ccc(Cl)cc21. The molecule has 0 aromatic heterocycles. The molecule has 0 radical (unpaired) electrons. The van der Waals surface area contributed by atoms with Crippen LogP contribution in [0.2, 0.25) is 5.02 Å². The molecule has 0 aliphatic carbocycles. The number of anilines is 1. The number of benzene rings is 2. The summed E-state index contributed by atoms with van der Waals surface area (Å²) in [7, 11) is 0. The first-order valence-electron chi connectivity index (χ1n) is 8.77. The fraction of sp³-hybridized carbons (Fsp3) is 0.350. The molecule has 0 N–H and O–H groups in total. The molecule has 0 saturated heterocycles. The molecule has 6 heteroatoms. The van der Waals surface area contributed by atoms with Crippen molar-refractivity contribution in [3.63, 3.8) is 0 Å². The van der Waals surface area contributed by atoms with Gasteiger partial charge in [-0.2, -0.15) is 0 Å². The van der Waals surface area contributed by atoms with Crippen LogP contribution < -0.4 is 9.64 Å². The molecule has 3 rings (SSSR count). The highest BCUT2D eigenvalue weighted by Crippen LogP contribution is 2.34. The summed E-state index contributed by atoms with van der Waals surface area (Å²) in [6.45, 7) is 4.98. The number of hydrogen-bond donors (Lipinski definition) is 0. The van der Waals surface area contributed by atoms with Gasteiger partial charge in [0.2, 0.25) is 5.91 Å². The first-order chi connectivity index (χ1) is 12.6. The summed E-state index contributed by atoms with van der Waals surface area (Å²) in [6, 6.07) is 13.6. The topological polar surface area (TPSA) is 32.8 Å². The maximum atomic E-state index is 13.0. The zero-order valence-corrected chi connectivity index (χ0v) is 17.1. The molecule has 4 nitrogen and oxygen atoms in total. The third-order valence-electron chi connectivity index (χ3n) is 4.37. The van der Waals surface area contributed by atoms with Gasteiger partial charge in [0, 0.05) is 22.6 Å². The van der Waals surface area contributed by atoms with Crippen LogP contribution in [0.4, 0.5) is 5.69 Å². The first kappa shape index (κ1) is 19.1. The molecular formula is C20H22BrClN2O2. The Kier molecular flexibility index (Phi) is 6.43. The average Bonchev–Trinajstić information content (AvgIpc) is 2.63. The molecule has 2 aromatic carbocycles. The monoisotopic (exact) mass is 436 g/mol. The molecule has 0 atom stereocenters. The third kappa shape index (κ3) is 4.51. The predicted molar refractivity (Wildman–Crippen MR) is 109 cm³/mol. The summed E-state index contributed by atoms with van der Waals surface area (Å²) in [4.78, 5) is 17.0. The molecule has 1 amide bonds. The van der Waals surface area contributed by atoms with Crippen LogP contribution in [0.3, 0.4) is 0 Å². The van der Waals surface area contributed by atoms with Gasteiger partial charge in [0.15, 0.2) is 0 Å². The van der Waals surface area contributed by atoms with Gasteiger partial charge in [0.05, 0.1) is 18.8 Å². The van der Waals surface area contributed by atoms with Crippen molar-refractivity contribution in [3.05, 3.63) is 57.5 Å². The second-order valence-corrected chi connectivity index (χ2v) is 7.58. The molecule has 0 spiro atoms. The maximum absolute atomic E-state index is 13.0. The fourth-order valence-corrected chi connectivity index (χ4v) is 3.64. The zero-order chi connectivity index (χ0) is 18.5. The molecule has 26 heavy (non-hydrogen) atoms. The quantitative estimate of drug-likeness (QED) is 0.654. The Labute approximate surface area is 167 Å². The summed E-state index contributed by atoms with van der Waals surface area (Å²) < 4.78 is 6.70. The summed E-state index contributed by atoms with van der Waals surface area (Å²) in [5.41, 5.74) is 1.99. The number of nitrogens with zero attached hydrogens (tertiary/aromatic N) is 2. The lowest BCUT2D eigenvalue weighted by atomic mass is 10.2. The highest BCUT2D eigenvalue weighted by molar-refractivity contribution is 9.10. The van der Waals surface area contributed by atoms with Gasteiger partial charge in [-0.05, 0) is 36.2 Å². The predicted octanol–water partition coefficient (Wildman–Crippen LogP) is 4.74. The van der Waals surface area contributed by atoms with E-state index in [-0.39, 0.29) is 5.91 Å². The molecule has 0 fully saturated rings. The maximum Gasteiger partial charge on any atom is 0.242 e. The molecule has 1 aliphatic rings. The van der Waals surface area contributed by atoms with E-state index in [2.05, 4.69) is 27.8 Å². The fourth-order valence-electron chi connectivity index (χ4n) is 3.07. The number of carbonyl (C=O) groups excluding carboxylic acids is 1. The van der Waals surface area contributed by atoms with Gasteiger partial charge in [-0.25, -0.2) is 0 Å². The second-order valence-electron chi connectivity index (χ2n) is 6.29. The van der Waals surface area contributed by atoms with Gasteiger partial charge in [-0.15, -0.1) is 0 Å². The zero-order valence-electron chi connectivity index (χ0n) is 14.8. The van der Waals surface area contributed by atoms with Crippen LogP contribution in [0.5, 0.6) is 5.75 Å². The van der Waals surface area contributed by atoms with Crippen molar-refractivity contribution in [3.8, 4) is 5.75 Å². The Morgan fingerprint density at radius 1 is 1.31 bits per heavy atom. The van der Waals surface area contributed by atoms with E-state index in [9.17, 15) is 4.79 Å². The van der Waals surface area contributed by atoms with Crippen molar-refractivity contribution in [2.24, 2.45) is 0 Å². The Hall–Kier alpha value is -1.72. The Morgan fingerprint density at radius 2 is 2.12 bits per heavy atom. The van der Waals surface area contributed by atoms with E-state index in [1.54, 1.807) is 0 Å². The average molecular weight is 438 g/mol. The first-order valence-corrected chi connectivity index (χ1v) is 9.94. The highest BCUT2D eigenvalue weighted by Gasteiger charge is 2.23. The number of halogens is 2. The number of fused-ring (bicyclic) bond motifs is 1. The van der Waals surface area contributed by atoms with Gasteiger partial charge in [0.1, 0.15) is 12.4 Å². The van der Waals surface area contributed by atoms with Crippen LogP contribution in [0.15, 0.2) is 46.9 Å². The lowest BCUT2D eigenvalue weighted by Gasteiger charge is -2.33. The Morgan fingerprint density at radius 3 is 2.88 bits per heavy atom. The normalized spacial score (nSPS) is 13.1. The highest BCUT2D eigenvalue weighted by atomic mass is 79.9. The minimum absolute atomic E-state index is 0.107. The van der Waals surface area contributed by atoms with Crippen LogP contribution >= 0.6 is 27.5 Å². The van der Waals surface area contributed by atoms with E-state index in [4.69, 9.17) is 16.3 Å². The van der Waals surface area contributed by atoms with Crippen LogP contribution in [0.25, 0.3) is 0 Å². The number of carbonyl (C=O) groups is 1. The van der Waals surface area contributed by atoms with Crippen molar-refractivity contribution < 1.29 is 9.53 Å². The summed E-state index contributed by atoms with van der Waals surface area (Å²) in [5.74, 6) is 0.886. The van der Waals surface area contributed by atoms with Crippen LogP contribution in [0, 0.1) is 0 Å². The van der Waals surface area contributed by atoms with Gasteiger partial charge in [0.25, 0.3) is 0 Å². The van der Waals surface area contributed by atoms with E-state index in [1.165, 1.54) is 0 Å². The number of hydrogen-bond acceptors (Lipinski definition) is 3. The Balaban J connectivity index is 1.75. The molecule has 2 aromatic rings. The standard InChI is InChI=1S/C20H22BrClN2O2/c1-2-9-24(13-15-5-3-4-6-17(15)21)20(25)14-23-10-11-26-19-8-7-16(22)12-18(19)23/h3-8,12H,2,9-11,13-14H2,1H3. The van der Waals surface area contributed by atoms with Crippen molar-refractivity contribution in [1.82, 2.24) is 4.90 Å². The van der Waals surface area contributed by atoms with E-state index < -0.39 is 0 Å². The summed E-state index contributed by atoms with van der Waals surface area (Å²) in [6.07, 6.45) is 0.918. The summed E-state index contributed by atoms with van der Waals surface area (Å²) in [5, 5.41) is 0.644. The van der Waals surface area contributed by atoms with E-state index >= 15 is 0 Å². The number of rotatable bonds is 6. The lowest BCUT2D eigenvalue weighted by Crippen LogP contribution is -2.43. The van der Waals surface area contributed by atoms with Gasteiger partial charge in [-0.1, -0.05) is 52.7 Å². The van der Waals surface area contributed by atoms with Crippen molar-refractivity contribution in [2.45, 2.75) is 19.9 Å². The van der Waals surface area contributed by atoms with Gasteiger partial charge >= 0.3 is 0 Å². The Bertz CT molecular complexity index is 784. The van der Waals surface area contributed by atoms with Crippen molar-refractivity contribution >= 4 is 39.1 Å². The van der Waals surface area contributed by atoms with Crippen LogP contribution in [-0.4, -0.2) is 37.0 Å². The van der Waals surface area contributed by atoms with E-state index in [0.717, 1.165) is 34.4 Å². The summed E-state index contributed by atoms with van der Waals surface area (Å²) >= 11 is 9.71. The molecule has 0 saturated carbocycles. The molecule has 138 valence electrons. The number of ether oxygens (including phenoxy) is 1. The van der Waals surface area contributed by atoms with Crippen LogP contribution in [-0.2, 0) is 11.3 Å². The second kappa shape index (κ2) is 8.78. The van der Waals surface area contributed by atoms with Crippen molar-refractivity contribution in [2.75, 3.05) is 31.1 Å². The van der Waals surface area contributed by atoms with Crippen molar-refractivity contribution in [1.29, 1.82) is 0 Å². The molecule has 0 unspecified atom stereocenters. The molecule has 1 aliphatic heterocycles. The van der Waals surface area contributed by atoms with Gasteiger partial charge < -0.3 is 14.5 Å². The van der Waals surface area contributed by atoms with Gasteiger partial charge in [-0.3, -0.25) is 4.79 Å². The molecule has 1 heterocycles. The van der Waals surface area contributed by atoms with E-state index in [0.29, 0.717) is 31.3 Å². The number of amides is 1. The third-order valence-corrected chi connectivity index (χ3v) is 5.38. The smallest absolute Gasteiger partial charge is 0.242 e. The minimum Gasteiger partial charge on any atom is -0.490 e. The molecular weight excluding hydrogens is 416 g/mol. The van der Waals surface area contributed by atoms with Crippen LogP contribution in [0.1, 0.15) is 18.9 Å². The molecule has 0 bridgehead atoms.